The highest BCUT2D eigenvalue weighted by molar-refractivity contribution is 8.01. The van der Waals surface area contributed by atoms with E-state index in [1.165, 1.54) is 11.8 Å². The predicted octanol–water partition coefficient (Wildman–Crippen LogP) is 4.99. The monoisotopic (exact) mass is 489 g/mol. The fraction of sp³-hybridized carbons (Fsp3) is 0.259. The van der Waals surface area contributed by atoms with E-state index in [1.807, 2.05) is 49.4 Å². The number of methoxy groups -OCH3 is 2. The summed E-state index contributed by atoms with van der Waals surface area (Å²) in [6, 6.07) is 20.5. The number of rotatable bonds is 5. The van der Waals surface area contributed by atoms with Crippen molar-refractivity contribution in [1.82, 2.24) is 4.90 Å². The van der Waals surface area contributed by atoms with Gasteiger partial charge in [0.05, 0.1) is 26.5 Å². The minimum Gasteiger partial charge on any atom is -0.497 e. The van der Waals surface area contributed by atoms with Crippen LogP contribution in [0.15, 0.2) is 66.7 Å². The Labute approximate surface area is 209 Å². The molecule has 35 heavy (non-hydrogen) atoms. The third-order valence-electron chi connectivity index (χ3n) is 6.58. The zero-order chi connectivity index (χ0) is 24.6. The van der Waals surface area contributed by atoms with Gasteiger partial charge in [-0.3, -0.25) is 9.69 Å². The molecular weight excluding hydrogens is 462 g/mol. The number of ether oxygens (including phenoxy) is 2. The van der Waals surface area contributed by atoms with Gasteiger partial charge in [0.15, 0.2) is 4.87 Å². The van der Waals surface area contributed by atoms with Gasteiger partial charge in [0.1, 0.15) is 11.5 Å². The fourth-order valence-electron chi connectivity index (χ4n) is 4.70. The number of carbonyl (C=O) groups is 2. The van der Waals surface area contributed by atoms with Gasteiger partial charge in [-0.05, 0) is 60.5 Å². The molecule has 1 N–H and O–H groups in total. The van der Waals surface area contributed by atoms with Gasteiger partial charge in [0.2, 0.25) is 0 Å². The Bertz CT molecular complexity index is 1280. The van der Waals surface area contributed by atoms with E-state index in [1.54, 1.807) is 48.3 Å². The first kappa shape index (κ1) is 23.1. The van der Waals surface area contributed by atoms with Crippen LogP contribution in [0.3, 0.4) is 0 Å². The number of hydrogen-bond donors (Lipinski definition) is 1. The minimum atomic E-state index is -1.15. The quantitative estimate of drug-likeness (QED) is 0.547. The van der Waals surface area contributed by atoms with Crippen LogP contribution in [0.25, 0.3) is 0 Å². The van der Waals surface area contributed by atoms with Crippen LogP contribution in [-0.4, -0.2) is 43.4 Å². The molecule has 1 saturated heterocycles. The number of hydrogen-bond acceptors (Lipinski definition) is 5. The third-order valence-corrected chi connectivity index (χ3v) is 8.00. The lowest BCUT2D eigenvalue weighted by molar-refractivity contribution is -0.123. The van der Waals surface area contributed by atoms with Crippen molar-refractivity contribution in [2.75, 3.05) is 36.7 Å². The van der Waals surface area contributed by atoms with Crippen LogP contribution >= 0.6 is 11.8 Å². The molecule has 0 bridgehead atoms. The van der Waals surface area contributed by atoms with Gasteiger partial charge in [-0.15, -0.1) is 11.8 Å². The number of amides is 3. The van der Waals surface area contributed by atoms with Crippen LogP contribution in [0, 0.1) is 6.92 Å². The van der Waals surface area contributed by atoms with Crippen molar-refractivity contribution in [3.05, 3.63) is 83.4 Å². The minimum absolute atomic E-state index is 0.114. The van der Waals surface area contributed by atoms with E-state index in [2.05, 4.69) is 5.32 Å². The first-order valence-corrected chi connectivity index (χ1v) is 12.4. The molecule has 0 unspecified atom stereocenters. The Morgan fingerprint density at radius 1 is 1.03 bits per heavy atom. The van der Waals surface area contributed by atoms with E-state index < -0.39 is 4.87 Å². The van der Waals surface area contributed by atoms with E-state index in [0.717, 1.165) is 22.4 Å². The molecular formula is C27H27N3O4S. The first-order chi connectivity index (χ1) is 17.0. The second-order valence-corrected chi connectivity index (χ2v) is 9.79. The molecule has 5 rings (SSSR count). The molecule has 0 saturated carbocycles. The lowest BCUT2D eigenvalue weighted by atomic mass is 10.1. The van der Waals surface area contributed by atoms with Crippen LogP contribution in [0.5, 0.6) is 11.5 Å². The van der Waals surface area contributed by atoms with Crippen LogP contribution in [0.2, 0.25) is 0 Å². The molecule has 0 aromatic heterocycles. The summed E-state index contributed by atoms with van der Waals surface area (Å²) >= 11 is 1.49. The van der Waals surface area contributed by atoms with Gasteiger partial charge in [-0.25, -0.2) is 4.79 Å². The standard InChI is InChI=1S/C27H27N3O4S/c1-18-6-4-5-7-19(18)17-29-24-13-12-22(34-3)16-23(24)27(25(29)31)30(14-15-35-27)26(32)28-20-8-10-21(33-2)11-9-20/h4-13,16H,14-15,17H2,1-3H3,(H,28,32)/t27-/m1/s1. The van der Waals surface area contributed by atoms with E-state index in [-0.39, 0.29) is 11.9 Å². The Balaban J connectivity index is 1.53. The molecule has 1 atom stereocenters. The van der Waals surface area contributed by atoms with Crippen LogP contribution in [0.1, 0.15) is 16.7 Å². The smallest absolute Gasteiger partial charge is 0.323 e. The number of urea groups is 1. The topological polar surface area (TPSA) is 71.1 Å². The number of aryl methyl sites for hydroxylation is 1. The summed E-state index contributed by atoms with van der Waals surface area (Å²) in [5.74, 6) is 1.89. The Morgan fingerprint density at radius 3 is 2.46 bits per heavy atom. The summed E-state index contributed by atoms with van der Waals surface area (Å²) in [6.07, 6.45) is 0. The lowest BCUT2D eigenvalue weighted by Gasteiger charge is -2.33. The molecule has 0 radical (unpaired) electrons. The predicted molar refractivity (Wildman–Crippen MR) is 138 cm³/mol. The SMILES string of the molecule is COc1ccc(NC(=O)N2CCS[C@]23C(=O)N(Cc2ccccc2C)c2ccc(OC)cc23)cc1. The second kappa shape index (κ2) is 9.19. The zero-order valence-electron chi connectivity index (χ0n) is 19.9. The molecule has 7 nitrogen and oxygen atoms in total. The third kappa shape index (κ3) is 3.87. The summed E-state index contributed by atoms with van der Waals surface area (Å²) in [5.41, 5.74) is 4.40. The maximum Gasteiger partial charge on any atom is 0.323 e. The highest BCUT2D eigenvalue weighted by Gasteiger charge is 2.59. The molecule has 3 aromatic carbocycles. The van der Waals surface area contributed by atoms with Crippen LogP contribution < -0.4 is 19.7 Å². The second-order valence-electron chi connectivity index (χ2n) is 8.50. The van der Waals surface area contributed by atoms with Crippen molar-refractivity contribution in [2.24, 2.45) is 0 Å². The average Bonchev–Trinajstić information content (AvgIpc) is 3.42. The van der Waals surface area contributed by atoms with E-state index in [0.29, 0.717) is 36.0 Å². The largest absolute Gasteiger partial charge is 0.497 e. The molecule has 1 spiro atoms. The summed E-state index contributed by atoms with van der Waals surface area (Å²) in [7, 11) is 3.20. The van der Waals surface area contributed by atoms with Gasteiger partial charge in [-0.2, -0.15) is 0 Å². The molecule has 3 amide bonds. The summed E-state index contributed by atoms with van der Waals surface area (Å²) in [6.45, 7) is 2.92. The van der Waals surface area contributed by atoms with Crippen molar-refractivity contribution in [2.45, 2.75) is 18.3 Å². The number of nitrogens with one attached hydrogen (secondary N) is 1. The summed E-state index contributed by atoms with van der Waals surface area (Å²) in [4.78, 5) is 30.0. The number of thioether (sulfide) groups is 1. The van der Waals surface area contributed by atoms with Gasteiger partial charge >= 0.3 is 6.03 Å². The van der Waals surface area contributed by atoms with E-state index >= 15 is 0 Å². The zero-order valence-corrected chi connectivity index (χ0v) is 20.7. The number of fused-ring (bicyclic) bond motifs is 2. The molecule has 0 aliphatic carbocycles. The molecule has 2 heterocycles. The fourth-order valence-corrected chi connectivity index (χ4v) is 6.15. The van der Waals surface area contributed by atoms with Gasteiger partial charge in [-0.1, -0.05) is 24.3 Å². The van der Waals surface area contributed by atoms with Gasteiger partial charge < -0.3 is 19.7 Å². The number of benzene rings is 3. The van der Waals surface area contributed by atoms with Crippen molar-refractivity contribution >= 4 is 35.1 Å². The molecule has 1 fully saturated rings. The Kier molecular flexibility index (Phi) is 6.06. The average molecular weight is 490 g/mol. The van der Waals surface area contributed by atoms with Gasteiger partial charge in [0, 0.05) is 23.5 Å². The molecule has 2 aliphatic heterocycles. The van der Waals surface area contributed by atoms with Crippen molar-refractivity contribution in [3.8, 4) is 11.5 Å². The normalized spacial score (nSPS) is 18.7. The van der Waals surface area contributed by atoms with E-state index in [9.17, 15) is 9.59 Å². The van der Waals surface area contributed by atoms with Crippen molar-refractivity contribution < 1.29 is 19.1 Å². The molecule has 180 valence electrons. The summed E-state index contributed by atoms with van der Waals surface area (Å²) in [5, 5.41) is 2.96. The van der Waals surface area contributed by atoms with E-state index in [4.69, 9.17) is 9.47 Å². The van der Waals surface area contributed by atoms with Crippen molar-refractivity contribution in [1.29, 1.82) is 0 Å². The van der Waals surface area contributed by atoms with Crippen molar-refractivity contribution in [3.63, 3.8) is 0 Å². The molecule has 2 aliphatic rings. The summed E-state index contributed by atoms with van der Waals surface area (Å²) < 4.78 is 10.7. The number of nitrogens with zero attached hydrogens (tertiary/aromatic N) is 2. The highest BCUT2D eigenvalue weighted by atomic mass is 32.2. The molecule has 8 heteroatoms. The van der Waals surface area contributed by atoms with Gasteiger partial charge in [0.25, 0.3) is 5.91 Å². The lowest BCUT2D eigenvalue weighted by Crippen LogP contribution is -2.51. The van der Waals surface area contributed by atoms with Crippen LogP contribution in [0.4, 0.5) is 16.2 Å². The maximum atomic E-state index is 14.2. The first-order valence-electron chi connectivity index (χ1n) is 11.4. The Morgan fingerprint density at radius 2 is 1.74 bits per heavy atom. The number of carbonyl (C=O) groups excluding carboxylic acids is 2. The Hall–Kier alpha value is -3.65. The maximum absolute atomic E-state index is 14.2. The number of anilines is 2. The van der Waals surface area contributed by atoms with Crippen LogP contribution in [-0.2, 0) is 16.2 Å². The molecule has 3 aromatic rings. The highest BCUT2D eigenvalue weighted by Crippen LogP contribution is 2.55.